The van der Waals surface area contributed by atoms with Crippen molar-refractivity contribution < 1.29 is 0 Å². The highest BCUT2D eigenvalue weighted by Gasteiger charge is 2.03. The van der Waals surface area contributed by atoms with Gasteiger partial charge < -0.3 is 5.32 Å². The van der Waals surface area contributed by atoms with Gasteiger partial charge in [0.25, 0.3) is 0 Å². The molecule has 0 saturated carbocycles. The first-order chi connectivity index (χ1) is 13.7. The van der Waals surface area contributed by atoms with Gasteiger partial charge in [-0.3, -0.25) is 9.67 Å². The average molecular weight is 371 g/mol. The Morgan fingerprint density at radius 3 is 2.54 bits per heavy atom. The van der Waals surface area contributed by atoms with Gasteiger partial charge in [-0.1, -0.05) is 18.2 Å². The topological polar surface area (TPSA) is 55.6 Å². The maximum absolute atomic E-state index is 4.30. The van der Waals surface area contributed by atoms with E-state index < -0.39 is 0 Å². The molecule has 3 heterocycles. The summed E-state index contributed by atoms with van der Waals surface area (Å²) in [5, 5.41) is 9.57. The van der Waals surface area contributed by atoms with Crippen LogP contribution in [0.4, 0.5) is 5.82 Å². The normalized spacial score (nSPS) is 10.2. The van der Waals surface area contributed by atoms with E-state index in [9.17, 15) is 0 Å². The summed E-state index contributed by atoms with van der Waals surface area (Å²) in [6.45, 7) is 3.66. The molecule has 0 bridgehead atoms. The summed E-state index contributed by atoms with van der Waals surface area (Å²) < 4.78 is 1.81. The fourth-order valence-corrected chi connectivity index (χ4v) is 2.85. The van der Waals surface area contributed by atoms with Crippen molar-refractivity contribution in [3.8, 4) is 11.1 Å². The van der Waals surface area contributed by atoms with Crippen LogP contribution < -0.4 is 5.32 Å². The van der Waals surface area contributed by atoms with Crippen molar-refractivity contribution in [3.05, 3.63) is 85.6 Å². The first-order valence-electron chi connectivity index (χ1n) is 9.26. The predicted molar refractivity (Wildman–Crippen MR) is 116 cm³/mol. The predicted octanol–water partition coefficient (Wildman–Crippen LogP) is 4.88. The van der Waals surface area contributed by atoms with Crippen LogP contribution in [-0.2, 0) is 13.5 Å². The molecular formula is C23H25N5. The number of rotatable bonds is 5. The van der Waals surface area contributed by atoms with Gasteiger partial charge in [0.15, 0.2) is 0 Å². The van der Waals surface area contributed by atoms with Gasteiger partial charge in [-0.05, 0) is 53.6 Å². The molecule has 0 radical (unpaired) electrons. The zero-order valence-corrected chi connectivity index (χ0v) is 16.3. The lowest BCUT2D eigenvalue weighted by Gasteiger charge is -2.04. The van der Waals surface area contributed by atoms with Crippen LogP contribution in [-0.4, -0.2) is 26.8 Å². The summed E-state index contributed by atoms with van der Waals surface area (Å²) in [6.07, 6.45) is 13.5. The molecule has 0 aliphatic heterocycles. The molecule has 28 heavy (non-hydrogen) atoms. The molecule has 0 fully saturated rings. The third-order valence-electron chi connectivity index (χ3n) is 4.40. The molecule has 1 N–H and O–H groups in total. The zero-order valence-electron chi connectivity index (χ0n) is 16.3. The molecule has 142 valence electrons. The molecule has 5 nitrogen and oxygen atoms in total. The first kappa shape index (κ1) is 19.3. The van der Waals surface area contributed by atoms with Crippen molar-refractivity contribution in [2.45, 2.75) is 12.8 Å². The number of aryl methyl sites for hydroxylation is 2. The number of hydrogen-bond donors (Lipinski definition) is 1. The standard InChI is InChI=1S/C14H14N4.C9H11N/c1-15-14-6-12-5-10(3-4-11(12)7-16-14)13-8-17-18(2)9-13;1-2-3-4-9-5-7-10-8-6-9/h3-9H,1-2H3,(H,15,16);2,5-8H,1,3-4H2. The maximum atomic E-state index is 4.30. The quantitative estimate of drug-likeness (QED) is 0.508. The van der Waals surface area contributed by atoms with Gasteiger partial charge in [0.1, 0.15) is 5.82 Å². The third-order valence-corrected chi connectivity index (χ3v) is 4.40. The van der Waals surface area contributed by atoms with Crippen LogP contribution in [0.25, 0.3) is 21.9 Å². The van der Waals surface area contributed by atoms with Crippen LogP contribution in [0.5, 0.6) is 0 Å². The molecule has 0 aliphatic rings. The molecule has 0 unspecified atom stereocenters. The molecule has 0 spiro atoms. The molecule has 0 amide bonds. The molecule has 0 saturated heterocycles. The Hall–Kier alpha value is -3.47. The van der Waals surface area contributed by atoms with Crippen molar-refractivity contribution in [3.63, 3.8) is 0 Å². The highest BCUT2D eigenvalue weighted by atomic mass is 15.2. The number of anilines is 1. The molecule has 0 aliphatic carbocycles. The number of hydrogen-bond acceptors (Lipinski definition) is 4. The van der Waals surface area contributed by atoms with E-state index in [2.05, 4.69) is 51.2 Å². The Kier molecular flexibility index (Phi) is 6.52. The lowest BCUT2D eigenvalue weighted by molar-refractivity contribution is 0.768. The largest absolute Gasteiger partial charge is 0.373 e. The number of benzene rings is 1. The minimum Gasteiger partial charge on any atom is -0.373 e. The monoisotopic (exact) mass is 371 g/mol. The summed E-state index contributed by atoms with van der Waals surface area (Å²) in [6, 6.07) is 12.5. The van der Waals surface area contributed by atoms with Gasteiger partial charge in [-0.2, -0.15) is 5.10 Å². The highest BCUT2D eigenvalue weighted by Crippen LogP contribution is 2.24. The summed E-state index contributed by atoms with van der Waals surface area (Å²) in [5.74, 6) is 0.880. The summed E-state index contributed by atoms with van der Waals surface area (Å²) >= 11 is 0. The highest BCUT2D eigenvalue weighted by molar-refractivity contribution is 5.88. The molecule has 1 aromatic carbocycles. The van der Waals surface area contributed by atoms with Gasteiger partial charge in [-0.25, -0.2) is 4.98 Å². The Bertz CT molecular complexity index is 1040. The van der Waals surface area contributed by atoms with Crippen LogP contribution in [0.3, 0.4) is 0 Å². The number of aromatic nitrogens is 4. The van der Waals surface area contributed by atoms with Crippen LogP contribution in [0.15, 0.2) is 80.0 Å². The van der Waals surface area contributed by atoms with E-state index in [-0.39, 0.29) is 0 Å². The fourth-order valence-electron chi connectivity index (χ4n) is 2.85. The smallest absolute Gasteiger partial charge is 0.126 e. The lowest BCUT2D eigenvalue weighted by atomic mass is 10.1. The summed E-state index contributed by atoms with van der Waals surface area (Å²) in [5.41, 5.74) is 3.63. The van der Waals surface area contributed by atoms with E-state index >= 15 is 0 Å². The zero-order chi connectivity index (χ0) is 19.8. The maximum Gasteiger partial charge on any atom is 0.126 e. The van der Waals surface area contributed by atoms with Gasteiger partial charge in [0, 0.05) is 49.8 Å². The van der Waals surface area contributed by atoms with Gasteiger partial charge in [0.05, 0.1) is 6.20 Å². The average Bonchev–Trinajstić information content (AvgIpc) is 3.19. The Labute approximate surface area is 165 Å². The second-order valence-corrected chi connectivity index (χ2v) is 6.47. The second-order valence-electron chi connectivity index (χ2n) is 6.47. The van der Waals surface area contributed by atoms with Gasteiger partial charge >= 0.3 is 0 Å². The SMILES string of the molecule is C=CCCc1ccncc1.CNc1cc2cc(-c3cnn(C)c3)ccc2cn1. The van der Waals surface area contributed by atoms with Crippen molar-refractivity contribution in [1.82, 2.24) is 19.7 Å². The minimum atomic E-state index is 0.880. The van der Waals surface area contributed by atoms with Crippen molar-refractivity contribution in [1.29, 1.82) is 0 Å². The van der Waals surface area contributed by atoms with E-state index in [1.165, 1.54) is 16.5 Å². The molecule has 5 heteroatoms. The van der Waals surface area contributed by atoms with E-state index in [0.717, 1.165) is 29.6 Å². The molecule has 3 aromatic heterocycles. The number of pyridine rings is 2. The molecule has 4 rings (SSSR count). The molecule has 4 aromatic rings. The van der Waals surface area contributed by atoms with Crippen molar-refractivity contribution in [2.24, 2.45) is 7.05 Å². The van der Waals surface area contributed by atoms with Crippen LogP contribution >= 0.6 is 0 Å². The van der Waals surface area contributed by atoms with E-state index in [1.807, 2.05) is 68.0 Å². The Morgan fingerprint density at radius 2 is 1.86 bits per heavy atom. The van der Waals surface area contributed by atoms with Crippen molar-refractivity contribution in [2.75, 3.05) is 12.4 Å². The molecule has 0 atom stereocenters. The van der Waals surface area contributed by atoms with E-state index in [0.29, 0.717) is 0 Å². The van der Waals surface area contributed by atoms with Crippen molar-refractivity contribution >= 4 is 16.6 Å². The Balaban J connectivity index is 0.000000192. The van der Waals surface area contributed by atoms with Crippen LogP contribution in [0.1, 0.15) is 12.0 Å². The first-order valence-corrected chi connectivity index (χ1v) is 9.26. The van der Waals surface area contributed by atoms with Crippen LogP contribution in [0.2, 0.25) is 0 Å². The number of nitrogens with one attached hydrogen (secondary N) is 1. The third kappa shape index (κ3) is 5.04. The number of fused-ring (bicyclic) bond motifs is 1. The summed E-state index contributed by atoms with van der Waals surface area (Å²) in [4.78, 5) is 8.23. The Morgan fingerprint density at radius 1 is 1.04 bits per heavy atom. The van der Waals surface area contributed by atoms with E-state index in [1.54, 1.807) is 0 Å². The number of allylic oxidation sites excluding steroid dienone is 1. The van der Waals surface area contributed by atoms with E-state index in [4.69, 9.17) is 0 Å². The number of nitrogens with zero attached hydrogens (tertiary/aromatic N) is 4. The molecular weight excluding hydrogens is 346 g/mol. The second kappa shape index (κ2) is 9.46. The van der Waals surface area contributed by atoms with Gasteiger partial charge in [-0.15, -0.1) is 6.58 Å². The van der Waals surface area contributed by atoms with Gasteiger partial charge in [0.2, 0.25) is 0 Å². The fraction of sp³-hybridized carbons (Fsp3) is 0.174. The minimum absolute atomic E-state index is 0.880. The lowest BCUT2D eigenvalue weighted by Crippen LogP contribution is -1.91. The van der Waals surface area contributed by atoms with Crippen LogP contribution in [0, 0.1) is 0 Å². The summed E-state index contributed by atoms with van der Waals surface area (Å²) in [7, 11) is 3.80.